The Hall–Kier alpha value is -0.0800. The fraction of sp³-hybridized carbons (Fsp3) is 1.00. The Morgan fingerprint density at radius 3 is 2.20 bits per heavy atom. The van der Waals surface area contributed by atoms with Gasteiger partial charge in [-0.1, -0.05) is 13.3 Å². The molecule has 2 nitrogen and oxygen atoms in total. The lowest BCUT2D eigenvalue weighted by Gasteiger charge is -2.45. The number of rotatable bonds is 4. The molecule has 1 heterocycles. The van der Waals surface area contributed by atoms with Crippen molar-refractivity contribution in [1.29, 1.82) is 0 Å². The molecule has 2 aliphatic rings. The van der Waals surface area contributed by atoms with E-state index in [0.29, 0.717) is 5.54 Å². The van der Waals surface area contributed by atoms with E-state index in [1.165, 1.54) is 45.2 Å². The molecule has 0 bridgehead atoms. The molecular weight excluding hydrogens is 184 g/mol. The number of likely N-dealkylation sites (tertiary alicyclic amines) is 1. The van der Waals surface area contributed by atoms with Gasteiger partial charge in [-0.2, -0.15) is 0 Å². The quantitative estimate of drug-likeness (QED) is 0.771. The van der Waals surface area contributed by atoms with Gasteiger partial charge in [-0.15, -0.1) is 0 Å². The Morgan fingerprint density at radius 1 is 1.20 bits per heavy atom. The number of hydrogen-bond acceptors (Lipinski definition) is 2. The van der Waals surface area contributed by atoms with Crippen molar-refractivity contribution in [3.8, 4) is 0 Å². The highest BCUT2D eigenvalue weighted by Gasteiger charge is 2.45. The fourth-order valence-corrected chi connectivity index (χ4v) is 3.11. The van der Waals surface area contributed by atoms with E-state index in [1.54, 1.807) is 0 Å². The van der Waals surface area contributed by atoms with Crippen molar-refractivity contribution in [2.75, 3.05) is 19.6 Å². The molecule has 0 aromatic carbocycles. The molecular formula is C13H26N2. The Morgan fingerprint density at radius 2 is 1.80 bits per heavy atom. The van der Waals surface area contributed by atoms with Crippen LogP contribution in [-0.4, -0.2) is 30.1 Å². The van der Waals surface area contributed by atoms with Crippen LogP contribution in [-0.2, 0) is 0 Å². The van der Waals surface area contributed by atoms with Crippen LogP contribution in [0.5, 0.6) is 0 Å². The second kappa shape index (κ2) is 4.42. The van der Waals surface area contributed by atoms with Crippen LogP contribution in [0.15, 0.2) is 0 Å². The van der Waals surface area contributed by atoms with E-state index in [-0.39, 0.29) is 0 Å². The summed E-state index contributed by atoms with van der Waals surface area (Å²) in [4.78, 5) is 2.68. The first-order chi connectivity index (χ1) is 7.20. The smallest absolute Gasteiger partial charge is 0.0331 e. The van der Waals surface area contributed by atoms with Crippen LogP contribution in [0.25, 0.3) is 0 Å². The minimum absolute atomic E-state index is 0.318. The molecule has 0 aromatic rings. The van der Waals surface area contributed by atoms with Gasteiger partial charge in [-0.3, -0.25) is 4.90 Å². The molecule has 1 atom stereocenters. The summed E-state index contributed by atoms with van der Waals surface area (Å²) in [5, 5.41) is 0. The molecule has 0 aromatic heterocycles. The first-order valence-corrected chi connectivity index (χ1v) is 6.65. The molecule has 1 saturated carbocycles. The standard InChI is InChI=1S/C13H26N2/c1-3-11-6-8-15(9-7-11)13(2,10-14)12-4-5-12/h11-12H,3-10,14H2,1-2H3. The molecule has 2 rings (SSSR count). The summed E-state index contributed by atoms with van der Waals surface area (Å²) < 4.78 is 0. The third kappa shape index (κ3) is 2.21. The van der Waals surface area contributed by atoms with Crippen molar-refractivity contribution < 1.29 is 0 Å². The van der Waals surface area contributed by atoms with Gasteiger partial charge in [0, 0.05) is 12.1 Å². The Bertz CT molecular complexity index is 205. The van der Waals surface area contributed by atoms with Gasteiger partial charge in [-0.05, 0) is 57.5 Å². The predicted octanol–water partition coefficient (Wildman–Crippen LogP) is 2.24. The van der Waals surface area contributed by atoms with Crippen LogP contribution in [0.3, 0.4) is 0 Å². The van der Waals surface area contributed by atoms with Gasteiger partial charge in [0.15, 0.2) is 0 Å². The predicted molar refractivity (Wildman–Crippen MR) is 64.8 cm³/mol. The van der Waals surface area contributed by atoms with Gasteiger partial charge >= 0.3 is 0 Å². The molecule has 2 N–H and O–H groups in total. The van der Waals surface area contributed by atoms with Gasteiger partial charge < -0.3 is 5.73 Å². The lowest BCUT2D eigenvalue weighted by Crippen LogP contribution is -2.55. The summed E-state index contributed by atoms with van der Waals surface area (Å²) in [5.41, 5.74) is 6.32. The van der Waals surface area contributed by atoms with Crippen molar-refractivity contribution in [2.24, 2.45) is 17.6 Å². The van der Waals surface area contributed by atoms with Crippen LogP contribution in [0.1, 0.15) is 46.0 Å². The second-order valence-corrected chi connectivity index (χ2v) is 5.67. The number of piperidine rings is 1. The lowest BCUT2D eigenvalue weighted by molar-refractivity contribution is 0.0507. The van der Waals surface area contributed by atoms with Crippen molar-refractivity contribution in [3.63, 3.8) is 0 Å². The van der Waals surface area contributed by atoms with Crippen LogP contribution < -0.4 is 5.73 Å². The average molecular weight is 210 g/mol. The van der Waals surface area contributed by atoms with Gasteiger partial charge in [0.2, 0.25) is 0 Å². The molecule has 0 spiro atoms. The Balaban J connectivity index is 1.93. The van der Waals surface area contributed by atoms with Gasteiger partial charge in [-0.25, -0.2) is 0 Å². The van der Waals surface area contributed by atoms with Crippen LogP contribution in [0, 0.1) is 11.8 Å². The highest BCUT2D eigenvalue weighted by molar-refractivity contribution is 5.01. The zero-order valence-corrected chi connectivity index (χ0v) is 10.3. The van der Waals surface area contributed by atoms with Gasteiger partial charge in [0.05, 0.1) is 0 Å². The van der Waals surface area contributed by atoms with Crippen LogP contribution >= 0.6 is 0 Å². The van der Waals surface area contributed by atoms with Crippen molar-refractivity contribution in [1.82, 2.24) is 4.90 Å². The summed E-state index contributed by atoms with van der Waals surface area (Å²) in [6, 6.07) is 0. The molecule has 2 fully saturated rings. The number of hydrogen-bond donors (Lipinski definition) is 1. The number of nitrogens with two attached hydrogens (primary N) is 1. The largest absolute Gasteiger partial charge is 0.329 e. The van der Waals surface area contributed by atoms with E-state index in [1.807, 2.05) is 0 Å². The lowest BCUT2D eigenvalue weighted by atomic mass is 9.87. The average Bonchev–Trinajstić information content (AvgIpc) is 3.12. The molecule has 88 valence electrons. The topological polar surface area (TPSA) is 29.3 Å². The maximum atomic E-state index is 6.00. The van der Waals surface area contributed by atoms with E-state index in [9.17, 15) is 0 Å². The molecule has 1 unspecified atom stereocenters. The van der Waals surface area contributed by atoms with Gasteiger partial charge in [0.1, 0.15) is 0 Å². The SMILES string of the molecule is CCC1CCN(C(C)(CN)C2CC2)CC1. The van der Waals surface area contributed by atoms with E-state index < -0.39 is 0 Å². The van der Waals surface area contributed by atoms with Crippen LogP contribution in [0.2, 0.25) is 0 Å². The molecule has 15 heavy (non-hydrogen) atoms. The highest BCUT2D eigenvalue weighted by Crippen LogP contribution is 2.43. The zero-order chi connectivity index (χ0) is 10.9. The first kappa shape index (κ1) is 11.4. The maximum Gasteiger partial charge on any atom is 0.0331 e. The van der Waals surface area contributed by atoms with Crippen LogP contribution in [0.4, 0.5) is 0 Å². The molecule has 1 aliphatic carbocycles. The summed E-state index contributed by atoms with van der Waals surface area (Å²) in [7, 11) is 0. The first-order valence-electron chi connectivity index (χ1n) is 6.65. The Kier molecular flexibility index (Phi) is 3.36. The normalized spacial score (nSPS) is 29.0. The minimum atomic E-state index is 0.318. The monoisotopic (exact) mass is 210 g/mol. The molecule has 1 aliphatic heterocycles. The zero-order valence-electron chi connectivity index (χ0n) is 10.3. The Labute approximate surface area is 94.2 Å². The van der Waals surface area contributed by atoms with Crippen molar-refractivity contribution in [2.45, 2.75) is 51.5 Å². The summed E-state index contributed by atoms with van der Waals surface area (Å²) in [6.07, 6.45) is 6.94. The van der Waals surface area contributed by atoms with Crippen molar-refractivity contribution in [3.05, 3.63) is 0 Å². The maximum absolute atomic E-state index is 6.00. The van der Waals surface area contributed by atoms with E-state index >= 15 is 0 Å². The molecule has 0 radical (unpaired) electrons. The number of nitrogens with zero attached hydrogens (tertiary/aromatic N) is 1. The minimum Gasteiger partial charge on any atom is -0.329 e. The molecule has 2 heteroatoms. The second-order valence-electron chi connectivity index (χ2n) is 5.67. The van der Waals surface area contributed by atoms with E-state index in [0.717, 1.165) is 18.4 Å². The summed E-state index contributed by atoms with van der Waals surface area (Å²) >= 11 is 0. The molecule has 0 amide bonds. The van der Waals surface area contributed by atoms with Crippen molar-refractivity contribution >= 4 is 0 Å². The summed E-state index contributed by atoms with van der Waals surface area (Å²) in [6.45, 7) is 8.11. The summed E-state index contributed by atoms with van der Waals surface area (Å²) in [5.74, 6) is 1.86. The van der Waals surface area contributed by atoms with E-state index in [4.69, 9.17) is 5.73 Å². The third-order valence-electron chi connectivity index (χ3n) is 4.78. The highest BCUT2D eigenvalue weighted by atomic mass is 15.2. The van der Waals surface area contributed by atoms with Gasteiger partial charge in [0.25, 0.3) is 0 Å². The van der Waals surface area contributed by atoms with E-state index in [2.05, 4.69) is 18.7 Å². The fourth-order valence-electron chi connectivity index (χ4n) is 3.11. The molecule has 1 saturated heterocycles. The third-order valence-corrected chi connectivity index (χ3v) is 4.78.